The molecule has 9 nitrogen and oxygen atoms in total. The molecule has 2 atom stereocenters. The van der Waals surface area contributed by atoms with E-state index in [1.54, 1.807) is 0 Å². The summed E-state index contributed by atoms with van der Waals surface area (Å²) in [6.45, 7) is 4.44. The van der Waals surface area contributed by atoms with E-state index in [4.69, 9.17) is 18.5 Å². The lowest BCUT2D eigenvalue weighted by atomic mass is 10.0. The van der Waals surface area contributed by atoms with E-state index in [1.165, 1.54) is 128 Å². The number of carbonyl (C=O) groups excluding carboxylic acids is 2. The number of allylic oxidation sites excluding steroid dienone is 2. The Morgan fingerprint density at radius 1 is 0.545 bits per heavy atom. The normalized spacial score (nSPS) is 13.6. The zero-order valence-electron chi connectivity index (χ0n) is 36.7. The third kappa shape index (κ3) is 42.2. The molecule has 0 amide bonds. The van der Waals surface area contributed by atoms with E-state index in [2.05, 4.69) is 26.0 Å². The highest BCUT2D eigenvalue weighted by Crippen LogP contribution is 2.43. The maximum Gasteiger partial charge on any atom is 0.472 e. The molecule has 0 aromatic carbocycles. The van der Waals surface area contributed by atoms with E-state index in [0.29, 0.717) is 23.9 Å². The number of nitrogens with zero attached hydrogens (tertiary/aromatic N) is 1. The van der Waals surface area contributed by atoms with Crippen molar-refractivity contribution in [2.24, 2.45) is 0 Å². The number of rotatable bonds is 42. The zero-order chi connectivity index (χ0) is 40.7. The molecule has 0 saturated carbocycles. The van der Waals surface area contributed by atoms with Crippen molar-refractivity contribution < 1.29 is 42.1 Å². The summed E-state index contributed by atoms with van der Waals surface area (Å²) in [5, 5.41) is 0. The lowest BCUT2D eigenvalue weighted by molar-refractivity contribution is -0.870. The molecule has 0 bridgehead atoms. The molecular formula is C45H89NO8P+. The van der Waals surface area contributed by atoms with E-state index < -0.39 is 26.5 Å². The smallest absolute Gasteiger partial charge is 0.462 e. The van der Waals surface area contributed by atoms with Gasteiger partial charge in [0.1, 0.15) is 19.8 Å². The summed E-state index contributed by atoms with van der Waals surface area (Å²) in [7, 11) is 1.48. The largest absolute Gasteiger partial charge is 0.472 e. The number of unbranched alkanes of at least 4 members (excludes halogenated alkanes) is 26. The second-order valence-electron chi connectivity index (χ2n) is 16.8. The summed E-state index contributed by atoms with van der Waals surface area (Å²) >= 11 is 0. The van der Waals surface area contributed by atoms with E-state index in [-0.39, 0.29) is 25.6 Å². The molecule has 1 unspecified atom stereocenters. The highest BCUT2D eigenvalue weighted by atomic mass is 31.2. The minimum atomic E-state index is -4.37. The predicted molar refractivity (Wildman–Crippen MR) is 229 cm³/mol. The minimum absolute atomic E-state index is 0.0332. The first-order valence-electron chi connectivity index (χ1n) is 22.9. The van der Waals surface area contributed by atoms with Crippen LogP contribution < -0.4 is 0 Å². The zero-order valence-corrected chi connectivity index (χ0v) is 37.6. The molecule has 55 heavy (non-hydrogen) atoms. The molecule has 0 aliphatic heterocycles. The SMILES string of the molecule is CCCCCCCCC/C=C\CCCCCCCC(=O)O[C@H](COC(=O)CCCCCCCCCCCCCCCCC)COP(=O)(O)OCC[N+](C)(C)C. The third-order valence-corrected chi connectivity index (χ3v) is 11.0. The molecule has 0 aromatic rings. The van der Waals surface area contributed by atoms with Gasteiger partial charge in [-0.25, -0.2) is 4.57 Å². The van der Waals surface area contributed by atoms with Crippen LogP contribution in [-0.4, -0.2) is 74.9 Å². The molecule has 0 saturated heterocycles. The van der Waals surface area contributed by atoms with Gasteiger partial charge in [-0.2, -0.15) is 0 Å². The fourth-order valence-corrected chi connectivity index (χ4v) is 7.16. The van der Waals surface area contributed by atoms with Crippen LogP contribution in [0.25, 0.3) is 0 Å². The number of quaternary nitrogens is 1. The Hall–Kier alpha value is -1.25. The van der Waals surface area contributed by atoms with Crippen molar-refractivity contribution in [1.29, 1.82) is 0 Å². The van der Waals surface area contributed by atoms with Gasteiger partial charge in [0, 0.05) is 12.8 Å². The Morgan fingerprint density at radius 2 is 0.927 bits per heavy atom. The van der Waals surface area contributed by atoms with Crippen molar-refractivity contribution in [2.45, 2.75) is 219 Å². The van der Waals surface area contributed by atoms with Crippen molar-refractivity contribution in [1.82, 2.24) is 0 Å². The van der Waals surface area contributed by atoms with Crippen LogP contribution in [0.3, 0.4) is 0 Å². The molecule has 0 heterocycles. The summed E-state index contributed by atoms with van der Waals surface area (Å²) in [4.78, 5) is 35.4. The van der Waals surface area contributed by atoms with Crippen LogP contribution in [-0.2, 0) is 32.7 Å². The van der Waals surface area contributed by atoms with Crippen LogP contribution in [0.2, 0.25) is 0 Å². The predicted octanol–water partition coefficient (Wildman–Crippen LogP) is 13.0. The van der Waals surface area contributed by atoms with Gasteiger partial charge in [-0.3, -0.25) is 18.6 Å². The quantitative estimate of drug-likeness (QED) is 0.0214. The van der Waals surface area contributed by atoms with Gasteiger partial charge < -0.3 is 18.9 Å². The molecule has 326 valence electrons. The van der Waals surface area contributed by atoms with E-state index >= 15 is 0 Å². The van der Waals surface area contributed by atoms with E-state index in [9.17, 15) is 19.0 Å². The maximum absolute atomic E-state index is 12.7. The van der Waals surface area contributed by atoms with Crippen LogP contribution in [0, 0.1) is 0 Å². The minimum Gasteiger partial charge on any atom is -0.462 e. The monoisotopic (exact) mass is 803 g/mol. The van der Waals surface area contributed by atoms with Gasteiger partial charge in [0.15, 0.2) is 6.10 Å². The number of ether oxygens (including phenoxy) is 2. The Balaban J connectivity index is 4.32. The molecule has 0 spiro atoms. The van der Waals surface area contributed by atoms with Crippen molar-refractivity contribution in [3.8, 4) is 0 Å². The first-order valence-corrected chi connectivity index (χ1v) is 24.4. The molecule has 0 radical (unpaired) electrons. The lowest BCUT2D eigenvalue weighted by Gasteiger charge is -2.24. The molecule has 0 fully saturated rings. The van der Waals surface area contributed by atoms with Gasteiger partial charge in [-0.15, -0.1) is 0 Å². The Morgan fingerprint density at radius 3 is 1.35 bits per heavy atom. The van der Waals surface area contributed by atoms with Gasteiger partial charge in [0.25, 0.3) is 0 Å². The van der Waals surface area contributed by atoms with Crippen LogP contribution in [0.15, 0.2) is 12.2 Å². The Labute approximate surface area is 339 Å². The number of esters is 2. The molecular weight excluding hydrogens is 713 g/mol. The highest BCUT2D eigenvalue weighted by molar-refractivity contribution is 7.47. The second kappa shape index (κ2) is 38.3. The standard InChI is InChI=1S/C45H88NO8P/c1-6-8-10-12-14-16-18-20-22-24-26-28-30-32-34-36-38-45(48)54-43(42-53-55(49,50)52-40-39-46(3,4)5)41-51-44(47)37-35-33-31-29-27-25-23-21-19-17-15-13-11-9-7-2/h22,24,43H,6-21,23,25-42H2,1-5H3/p+1/b24-22-/t43-/m1/s1. The fourth-order valence-electron chi connectivity index (χ4n) is 6.42. The lowest BCUT2D eigenvalue weighted by Crippen LogP contribution is -2.37. The van der Waals surface area contributed by atoms with Gasteiger partial charge >= 0.3 is 19.8 Å². The fraction of sp³-hybridized carbons (Fsp3) is 0.911. The summed E-state index contributed by atoms with van der Waals surface area (Å²) in [5.74, 6) is -0.797. The average molecular weight is 803 g/mol. The molecule has 0 aromatic heterocycles. The third-order valence-electron chi connectivity index (χ3n) is 10.0. The first-order chi connectivity index (χ1) is 26.5. The van der Waals surface area contributed by atoms with Crippen molar-refractivity contribution in [3.05, 3.63) is 12.2 Å². The number of phosphoric ester groups is 1. The molecule has 0 rings (SSSR count). The Bertz CT molecular complexity index is 954. The van der Waals surface area contributed by atoms with Gasteiger partial charge in [-0.05, 0) is 38.5 Å². The van der Waals surface area contributed by atoms with Gasteiger partial charge in [0.05, 0.1) is 27.7 Å². The second-order valence-corrected chi connectivity index (χ2v) is 18.2. The number of phosphoric acid groups is 1. The highest BCUT2D eigenvalue weighted by Gasteiger charge is 2.27. The number of carbonyl (C=O) groups is 2. The molecule has 0 aliphatic carbocycles. The molecule has 1 N–H and O–H groups in total. The van der Waals surface area contributed by atoms with Crippen LogP contribution in [0.4, 0.5) is 0 Å². The average Bonchev–Trinajstić information content (AvgIpc) is 3.13. The number of likely N-dealkylation sites (N-methyl/N-ethyl adjacent to an activating group) is 1. The summed E-state index contributed by atoms with van der Waals surface area (Å²) in [6.07, 6.45) is 39.6. The van der Waals surface area contributed by atoms with Gasteiger partial charge in [0.2, 0.25) is 0 Å². The van der Waals surface area contributed by atoms with E-state index in [1.807, 2.05) is 21.1 Å². The number of hydrogen-bond donors (Lipinski definition) is 1. The van der Waals surface area contributed by atoms with Crippen LogP contribution in [0.1, 0.15) is 213 Å². The number of hydrogen-bond acceptors (Lipinski definition) is 7. The first kappa shape index (κ1) is 53.8. The summed E-state index contributed by atoms with van der Waals surface area (Å²) < 4.78 is 34.3. The van der Waals surface area contributed by atoms with Crippen molar-refractivity contribution >= 4 is 19.8 Å². The maximum atomic E-state index is 12.7. The molecule has 0 aliphatic rings. The topological polar surface area (TPSA) is 108 Å². The molecule has 10 heteroatoms. The summed E-state index contributed by atoms with van der Waals surface area (Å²) in [6, 6.07) is 0. The Kier molecular flexibility index (Phi) is 37.4. The van der Waals surface area contributed by atoms with Gasteiger partial charge in [-0.1, -0.05) is 174 Å². The van der Waals surface area contributed by atoms with Crippen LogP contribution >= 0.6 is 7.82 Å². The van der Waals surface area contributed by atoms with Crippen molar-refractivity contribution in [3.63, 3.8) is 0 Å². The summed E-state index contributed by atoms with van der Waals surface area (Å²) in [5.41, 5.74) is 0. The van der Waals surface area contributed by atoms with Crippen LogP contribution in [0.5, 0.6) is 0 Å². The van der Waals surface area contributed by atoms with E-state index in [0.717, 1.165) is 51.4 Å². The van der Waals surface area contributed by atoms with Crippen molar-refractivity contribution in [2.75, 3.05) is 47.5 Å².